The molecule has 0 spiro atoms. The van der Waals surface area contributed by atoms with Crippen molar-refractivity contribution in [1.82, 2.24) is 10.6 Å². The van der Waals surface area contributed by atoms with Crippen LogP contribution in [0.25, 0.3) is 0 Å². The van der Waals surface area contributed by atoms with Gasteiger partial charge in [-0.25, -0.2) is 0 Å². The number of hydrogen-bond acceptors (Lipinski definition) is 8. The first-order valence-corrected chi connectivity index (χ1v) is 17.8. The molecule has 0 aromatic heterocycles. The maximum Gasteiger partial charge on any atom is 0.305 e. The second-order valence-electron chi connectivity index (χ2n) is 11.9. The molecular weight excluding hydrogens is 572 g/mol. The van der Waals surface area contributed by atoms with Crippen molar-refractivity contribution in [3.05, 3.63) is 12.2 Å². The Hall–Kier alpha value is -2.46. The Kier molecular flexibility index (Phi) is 31.1. The summed E-state index contributed by atoms with van der Waals surface area (Å²) in [5.74, 6) is -0.929. The van der Waals surface area contributed by atoms with Gasteiger partial charge in [0, 0.05) is 32.2 Å². The lowest BCUT2D eigenvalue weighted by molar-refractivity contribution is -0.149. The SMILES string of the molecule is CCCCCCCCC=CCCCCCCCC(=O)NCCCCCC(=O)NC(COC(=O)CCCN)COC(=O)CCCN. The van der Waals surface area contributed by atoms with Crippen LogP contribution in [0.1, 0.15) is 148 Å². The van der Waals surface area contributed by atoms with Gasteiger partial charge in [0.25, 0.3) is 0 Å². The molecule has 0 saturated carbocycles. The highest BCUT2D eigenvalue weighted by Gasteiger charge is 2.17. The molecule has 0 bridgehead atoms. The normalized spacial score (nSPS) is 11.2. The highest BCUT2D eigenvalue weighted by atomic mass is 16.5. The first-order valence-electron chi connectivity index (χ1n) is 17.8. The number of ether oxygens (including phenoxy) is 2. The maximum atomic E-state index is 12.4. The molecule has 0 aliphatic heterocycles. The van der Waals surface area contributed by atoms with Crippen molar-refractivity contribution in [3.63, 3.8) is 0 Å². The fourth-order valence-electron chi connectivity index (χ4n) is 4.72. The van der Waals surface area contributed by atoms with Gasteiger partial charge in [-0.2, -0.15) is 0 Å². The van der Waals surface area contributed by atoms with E-state index < -0.39 is 18.0 Å². The molecule has 0 aromatic rings. The second-order valence-corrected chi connectivity index (χ2v) is 11.9. The lowest BCUT2D eigenvalue weighted by Gasteiger charge is -2.19. The average Bonchev–Trinajstić information content (AvgIpc) is 3.03. The summed E-state index contributed by atoms with van der Waals surface area (Å²) in [6, 6.07) is -0.628. The van der Waals surface area contributed by atoms with E-state index in [2.05, 4.69) is 29.7 Å². The van der Waals surface area contributed by atoms with Gasteiger partial charge < -0.3 is 31.6 Å². The highest BCUT2D eigenvalue weighted by molar-refractivity contribution is 5.76. The number of esters is 2. The minimum absolute atomic E-state index is 0.0813. The Morgan fingerprint density at radius 3 is 1.58 bits per heavy atom. The molecule has 262 valence electrons. The van der Waals surface area contributed by atoms with Crippen LogP contribution in [0.5, 0.6) is 0 Å². The quantitative estimate of drug-likeness (QED) is 0.0411. The molecule has 0 unspecified atom stereocenters. The van der Waals surface area contributed by atoms with E-state index in [9.17, 15) is 19.2 Å². The summed E-state index contributed by atoms with van der Waals surface area (Å²) in [7, 11) is 0. The van der Waals surface area contributed by atoms with Crippen LogP contribution in [0.2, 0.25) is 0 Å². The molecule has 0 radical (unpaired) electrons. The molecule has 0 aromatic carbocycles. The Morgan fingerprint density at radius 2 is 1.04 bits per heavy atom. The van der Waals surface area contributed by atoms with Crippen molar-refractivity contribution in [3.8, 4) is 0 Å². The third-order valence-electron chi connectivity index (χ3n) is 7.49. The zero-order valence-electron chi connectivity index (χ0n) is 28.4. The third kappa shape index (κ3) is 31.3. The highest BCUT2D eigenvalue weighted by Crippen LogP contribution is 2.10. The van der Waals surface area contributed by atoms with Crippen LogP contribution in [0.3, 0.4) is 0 Å². The van der Waals surface area contributed by atoms with E-state index in [4.69, 9.17) is 20.9 Å². The summed E-state index contributed by atoms with van der Waals surface area (Å²) in [4.78, 5) is 48.2. The number of amides is 2. The van der Waals surface area contributed by atoms with Crippen molar-refractivity contribution >= 4 is 23.8 Å². The van der Waals surface area contributed by atoms with Gasteiger partial charge in [0.1, 0.15) is 13.2 Å². The Balaban J connectivity index is 3.88. The summed E-state index contributed by atoms with van der Waals surface area (Å²) < 4.78 is 10.4. The summed E-state index contributed by atoms with van der Waals surface area (Å²) in [6.07, 6.45) is 25.3. The van der Waals surface area contributed by atoms with Crippen LogP contribution in [0.4, 0.5) is 0 Å². The Bertz CT molecular complexity index is 753. The summed E-state index contributed by atoms with van der Waals surface area (Å²) in [5, 5.41) is 5.77. The molecule has 0 fully saturated rings. The van der Waals surface area contributed by atoms with Crippen LogP contribution < -0.4 is 22.1 Å². The summed E-state index contributed by atoms with van der Waals surface area (Å²) in [5.41, 5.74) is 10.8. The molecule has 0 heterocycles. The first-order chi connectivity index (χ1) is 21.9. The minimum atomic E-state index is -0.628. The van der Waals surface area contributed by atoms with Gasteiger partial charge in [-0.05, 0) is 70.9 Å². The number of hydrogen-bond donors (Lipinski definition) is 4. The van der Waals surface area contributed by atoms with Crippen molar-refractivity contribution in [1.29, 1.82) is 0 Å². The van der Waals surface area contributed by atoms with Crippen molar-refractivity contribution < 1.29 is 28.7 Å². The molecule has 10 heteroatoms. The van der Waals surface area contributed by atoms with Crippen LogP contribution in [0, 0.1) is 0 Å². The number of nitrogens with two attached hydrogens (primary N) is 2. The molecule has 0 atom stereocenters. The van der Waals surface area contributed by atoms with Crippen LogP contribution in [-0.2, 0) is 28.7 Å². The largest absolute Gasteiger partial charge is 0.463 e. The average molecular weight is 639 g/mol. The molecule has 10 nitrogen and oxygen atoms in total. The van der Waals surface area contributed by atoms with E-state index >= 15 is 0 Å². The van der Waals surface area contributed by atoms with E-state index in [1.807, 2.05) is 0 Å². The molecule has 0 rings (SSSR count). The molecule has 2 amide bonds. The smallest absolute Gasteiger partial charge is 0.305 e. The van der Waals surface area contributed by atoms with Gasteiger partial charge in [-0.15, -0.1) is 0 Å². The van der Waals surface area contributed by atoms with E-state index in [0.29, 0.717) is 51.7 Å². The predicted octanol–water partition coefficient (Wildman–Crippen LogP) is 5.75. The minimum Gasteiger partial charge on any atom is -0.463 e. The van der Waals surface area contributed by atoms with E-state index in [1.54, 1.807) is 0 Å². The Morgan fingerprint density at radius 1 is 0.578 bits per heavy atom. The van der Waals surface area contributed by atoms with Crippen molar-refractivity contribution in [2.45, 2.75) is 154 Å². The maximum absolute atomic E-state index is 12.4. The second kappa shape index (κ2) is 32.9. The van der Waals surface area contributed by atoms with Crippen molar-refractivity contribution in [2.24, 2.45) is 11.5 Å². The fraction of sp³-hybridized carbons (Fsp3) is 0.829. The van der Waals surface area contributed by atoms with Crippen LogP contribution >= 0.6 is 0 Å². The molecule has 0 aliphatic rings. The van der Waals surface area contributed by atoms with Crippen molar-refractivity contribution in [2.75, 3.05) is 32.8 Å². The number of unbranched alkanes of at least 4 members (excludes halogenated alkanes) is 13. The van der Waals surface area contributed by atoms with Gasteiger partial charge in [-0.1, -0.05) is 76.9 Å². The van der Waals surface area contributed by atoms with Gasteiger partial charge in [0.15, 0.2) is 0 Å². The monoisotopic (exact) mass is 638 g/mol. The fourth-order valence-corrected chi connectivity index (χ4v) is 4.72. The number of carbonyl (C=O) groups excluding carboxylic acids is 4. The van der Waals surface area contributed by atoms with Gasteiger partial charge in [0.2, 0.25) is 11.8 Å². The first kappa shape index (κ1) is 42.5. The molecule has 45 heavy (non-hydrogen) atoms. The molecule has 6 N–H and O–H groups in total. The number of nitrogens with one attached hydrogen (secondary N) is 2. The summed E-state index contributed by atoms with van der Waals surface area (Å²) >= 11 is 0. The van der Waals surface area contributed by atoms with E-state index in [1.165, 1.54) is 64.2 Å². The third-order valence-corrected chi connectivity index (χ3v) is 7.49. The number of allylic oxidation sites excluding steroid dienone is 2. The topological polar surface area (TPSA) is 163 Å². The van der Waals surface area contributed by atoms with Gasteiger partial charge in [-0.3, -0.25) is 19.2 Å². The number of rotatable bonds is 32. The summed E-state index contributed by atoms with van der Waals surface area (Å²) in [6.45, 7) is 3.46. The predicted molar refractivity (Wildman–Crippen MR) is 181 cm³/mol. The molecular formula is C35H66N4O6. The molecule has 0 aliphatic carbocycles. The lowest BCUT2D eigenvalue weighted by atomic mass is 10.1. The van der Waals surface area contributed by atoms with Gasteiger partial charge >= 0.3 is 11.9 Å². The van der Waals surface area contributed by atoms with Gasteiger partial charge in [0.05, 0.1) is 6.04 Å². The number of carbonyl (C=O) groups is 4. The zero-order chi connectivity index (χ0) is 33.2. The van der Waals surface area contributed by atoms with Crippen LogP contribution in [0.15, 0.2) is 12.2 Å². The van der Waals surface area contributed by atoms with Crippen LogP contribution in [-0.4, -0.2) is 62.6 Å². The van der Waals surface area contributed by atoms with E-state index in [-0.39, 0.29) is 37.9 Å². The zero-order valence-corrected chi connectivity index (χ0v) is 28.4. The lowest BCUT2D eigenvalue weighted by Crippen LogP contribution is -2.42. The molecule has 0 saturated heterocycles. The standard InChI is InChI=1S/C35H66N4O6/c1-2-3-4-5-6-7-8-9-10-11-12-13-14-15-17-22-32(40)38-28-19-16-18-23-33(41)39-31(29-44-34(42)24-20-26-36)30-45-35(43)25-21-27-37/h9-10,31H,2-8,11-30,36-37H2,1H3,(H,38,40)(H,39,41). The Labute approximate surface area is 273 Å². The van der Waals surface area contributed by atoms with E-state index in [0.717, 1.165) is 32.1 Å².